The Kier molecular flexibility index (Phi) is 1.85. The molecule has 0 aliphatic carbocycles. The van der Waals surface area contributed by atoms with Crippen molar-refractivity contribution >= 4 is 5.97 Å². The van der Waals surface area contributed by atoms with Gasteiger partial charge in [0.2, 0.25) is 11.5 Å². The van der Waals surface area contributed by atoms with Crippen molar-refractivity contribution in [2.24, 2.45) is 0 Å². The summed E-state index contributed by atoms with van der Waals surface area (Å²) in [5.41, 5.74) is -2.06. The minimum Gasteiger partial charge on any atom is -0.503 e. The number of carboxylic acid groups (broad SMARTS) is 1. The van der Waals surface area contributed by atoms with Gasteiger partial charge in [0.25, 0.3) is 5.56 Å². The maximum atomic E-state index is 10.7. The third-order valence-corrected chi connectivity index (χ3v) is 1.35. The molecule has 0 aliphatic heterocycles. The van der Waals surface area contributed by atoms with E-state index in [1.54, 1.807) is 4.98 Å². The van der Waals surface area contributed by atoms with Gasteiger partial charge < -0.3 is 25.4 Å². The van der Waals surface area contributed by atoms with Crippen molar-refractivity contribution in [2.45, 2.75) is 0 Å². The van der Waals surface area contributed by atoms with Gasteiger partial charge in [0.05, 0.1) is 0 Å². The number of rotatable bonds is 1. The number of carboxylic acids is 1. The molecule has 0 amide bonds. The highest BCUT2D eigenvalue weighted by Gasteiger charge is 2.19. The highest BCUT2D eigenvalue weighted by Crippen LogP contribution is 2.32. The van der Waals surface area contributed by atoms with Crippen LogP contribution in [0.25, 0.3) is 0 Å². The summed E-state index contributed by atoms with van der Waals surface area (Å²) >= 11 is 0. The summed E-state index contributed by atoms with van der Waals surface area (Å²) in [5, 5.41) is 34.9. The average molecular weight is 187 g/mol. The van der Waals surface area contributed by atoms with Crippen molar-refractivity contribution < 1.29 is 25.2 Å². The number of H-pyrrole nitrogens is 1. The van der Waals surface area contributed by atoms with Crippen molar-refractivity contribution in [3.05, 3.63) is 16.0 Å². The zero-order valence-corrected chi connectivity index (χ0v) is 6.11. The second kappa shape index (κ2) is 2.70. The van der Waals surface area contributed by atoms with Gasteiger partial charge in [0.1, 0.15) is 0 Å². The Labute approximate surface area is 70.5 Å². The summed E-state index contributed by atoms with van der Waals surface area (Å²) < 4.78 is 0. The van der Waals surface area contributed by atoms with Crippen LogP contribution in [0.15, 0.2) is 4.79 Å². The van der Waals surface area contributed by atoms with E-state index in [0.717, 1.165) is 0 Å². The molecule has 1 rings (SSSR count). The molecule has 0 radical (unpaired) electrons. The molecule has 0 fully saturated rings. The van der Waals surface area contributed by atoms with Crippen molar-refractivity contribution in [1.82, 2.24) is 4.98 Å². The molecule has 0 saturated carbocycles. The number of aromatic carboxylic acids is 1. The lowest BCUT2D eigenvalue weighted by molar-refractivity contribution is 0.0685. The smallest absolute Gasteiger partial charge is 0.356 e. The van der Waals surface area contributed by atoms with Crippen LogP contribution >= 0.6 is 0 Å². The zero-order valence-electron chi connectivity index (χ0n) is 6.11. The molecule has 1 aromatic heterocycles. The maximum Gasteiger partial charge on any atom is 0.356 e. The number of aromatic hydroxyl groups is 3. The van der Waals surface area contributed by atoms with Gasteiger partial charge in [-0.1, -0.05) is 0 Å². The Morgan fingerprint density at radius 3 is 2.08 bits per heavy atom. The second-order valence-corrected chi connectivity index (χ2v) is 2.18. The zero-order chi connectivity index (χ0) is 10.2. The Bertz CT molecular complexity index is 420. The Morgan fingerprint density at radius 2 is 1.62 bits per heavy atom. The first-order valence-electron chi connectivity index (χ1n) is 3.05. The number of nitrogens with one attached hydrogen (secondary N) is 1. The van der Waals surface area contributed by atoms with Gasteiger partial charge >= 0.3 is 5.97 Å². The normalized spacial score (nSPS) is 9.85. The summed E-state index contributed by atoms with van der Waals surface area (Å²) in [6, 6.07) is 0. The van der Waals surface area contributed by atoms with Crippen LogP contribution in [0.1, 0.15) is 10.5 Å². The SMILES string of the molecule is O=C(O)c1[nH]c(=O)c(O)c(O)c1O. The number of carbonyl (C=O) groups is 1. The third-order valence-electron chi connectivity index (χ3n) is 1.35. The van der Waals surface area contributed by atoms with Crippen LogP contribution < -0.4 is 5.56 Å². The maximum absolute atomic E-state index is 10.7. The predicted octanol–water partition coefficient (Wildman–Crippen LogP) is -0.810. The van der Waals surface area contributed by atoms with E-state index < -0.39 is 34.5 Å². The number of aromatic amines is 1. The van der Waals surface area contributed by atoms with E-state index in [1.807, 2.05) is 0 Å². The van der Waals surface area contributed by atoms with Crippen molar-refractivity contribution in [3.8, 4) is 17.2 Å². The lowest BCUT2D eigenvalue weighted by Crippen LogP contribution is -2.12. The first-order valence-corrected chi connectivity index (χ1v) is 3.05. The molecule has 0 atom stereocenters. The van der Waals surface area contributed by atoms with Crippen LogP contribution in [0.4, 0.5) is 0 Å². The number of pyridine rings is 1. The molecule has 7 nitrogen and oxygen atoms in total. The molecule has 13 heavy (non-hydrogen) atoms. The summed E-state index contributed by atoms with van der Waals surface area (Å²) in [6.07, 6.45) is 0. The van der Waals surface area contributed by atoms with Gasteiger partial charge in [-0.2, -0.15) is 0 Å². The lowest BCUT2D eigenvalue weighted by Gasteiger charge is -2.02. The minimum absolute atomic E-state index is 0.875. The molecule has 0 bridgehead atoms. The van der Waals surface area contributed by atoms with Gasteiger partial charge in [-0.05, 0) is 0 Å². The van der Waals surface area contributed by atoms with E-state index in [2.05, 4.69) is 0 Å². The van der Waals surface area contributed by atoms with Crippen molar-refractivity contribution in [1.29, 1.82) is 0 Å². The average Bonchev–Trinajstić information content (AvgIpc) is 2.07. The molecule has 0 aromatic carbocycles. The first kappa shape index (κ1) is 8.91. The van der Waals surface area contributed by atoms with Crippen molar-refractivity contribution in [2.75, 3.05) is 0 Å². The van der Waals surface area contributed by atoms with E-state index in [-0.39, 0.29) is 0 Å². The summed E-state index contributed by atoms with van der Waals surface area (Å²) in [6.45, 7) is 0. The molecule has 0 aliphatic rings. The van der Waals surface area contributed by atoms with E-state index in [0.29, 0.717) is 0 Å². The van der Waals surface area contributed by atoms with Gasteiger partial charge in [0, 0.05) is 0 Å². The van der Waals surface area contributed by atoms with E-state index in [1.165, 1.54) is 0 Å². The monoisotopic (exact) mass is 187 g/mol. The van der Waals surface area contributed by atoms with E-state index in [9.17, 15) is 9.59 Å². The fourth-order valence-electron chi connectivity index (χ4n) is 0.725. The minimum atomic E-state index is -1.62. The van der Waals surface area contributed by atoms with Crippen LogP contribution in [0, 0.1) is 0 Å². The van der Waals surface area contributed by atoms with Crippen LogP contribution in [-0.4, -0.2) is 31.4 Å². The molecule has 0 saturated heterocycles. The molecule has 0 spiro atoms. The number of hydrogen-bond donors (Lipinski definition) is 5. The second-order valence-electron chi connectivity index (χ2n) is 2.18. The molecule has 0 unspecified atom stereocenters. The Morgan fingerprint density at radius 1 is 1.08 bits per heavy atom. The largest absolute Gasteiger partial charge is 0.503 e. The summed E-state index contributed by atoms with van der Waals surface area (Å²) in [7, 11) is 0. The fourth-order valence-corrected chi connectivity index (χ4v) is 0.725. The van der Waals surface area contributed by atoms with E-state index in [4.69, 9.17) is 20.4 Å². The van der Waals surface area contributed by atoms with Gasteiger partial charge in [-0.3, -0.25) is 4.79 Å². The molecule has 1 heterocycles. The molecule has 5 N–H and O–H groups in total. The first-order chi connectivity index (χ1) is 5.95. The van der Waals surface area contributed by atoms with Crippen molar-refractivity contribution in [3.63, 3.8) is 0 Å². The third kappa shape index (κ3) is 1.26. The highest BCUT2D eigenvalue weighted by atomic mass is 16.4. The molecule has 70 valence electrons. The predicted molar refractivity (Wildman–Crippen MR) is 39.0 cm³/mol. The molecular weight excluding hydrogens is 182 g/mol. The lowest BCUT2D eigenvalue weighted by atomic mass is 10.3. The van der Waals surface area contributed by atoms with Crippen LogP contribution in [-0.2, 0) is 0 Å². The van der Waals surface area contributed by atoms with Crippen LogP contribution in [0.5, 0.6) is 17.2 Å². The van der Waals surface area contributed by atoms with Crippen LogP contribution in [0.2, 0.25) is 0 Å². The topological polar surface area (TPSA) is 131 Å². The Balaban J connectivity index is 3.60. The number of hydrogen-bond acceptors (Lipinski definition) is 5. The summed E-state index contributed by atoms with van der Waals surface area (Å²) in [4.78, 5) is 22.7. The standard InChI is InChI=1S/C6H5NO6/c8-2-1(6(12)13)7-5(11)4(10)3(2)9/h8,10H,(H,12,13)(H2,7,9,11). The van der Waals surface area contributed by atoms with E-state index >= 15 is 0 Å². The summed E-state index contributed by atoms with van der Waals surface area (Å²) in [5.74, 6) is -4.97. The molecular formula is C6H5NO6. The fraction of sp³-hybridized carbons (Fsp3) is 0. The van der Waals surface area contributed by atoms with Gasteiger partial charge in [0.15, 0.2) is 11.4 Å². The van der Waals surface area contributed by atoms with Gasteiger partial charge in [-0.15, -0.1) is 0 Å². The Hall–Kier alpha value is -2.18. The molecule has 7 heteroatoms. The molecule has 1 aromatic rings. The highest BCUT2D eigenvalue weighted by molar-refractivity contribution is 5.89. The van der Waals surface area contributed by atoms with Gasteiger partial charge in [-0.25, -0.2) is 4.79 Å². The number of aromatic nitrogens is 1. The van der Waals surface area contributed by atoms with Crippen LogP contribution in [0.3, 0.4) is 0 Å². The quantitative estimate of drug-likeness (QED) is 0.390.